The number of amides is 2. The van der Waals surface area contributed by atoms with E-state index in [2.05, 4.69) is 11.4 Å². The lowest BCUT2D eigenvalue weighted by atomic mass is 9.52. The minimum Gasteiger partial charge on any atom is -0.393 e. The lowest BCUT2D eigenvalue weighted by Gasteiger charge is -2.59. The van der Waals surface area contributed by atoms with Crippen molar-refractivity contribution in [2.45, 2.75) is 49.8 Å². The number of carbonyl (C=O) groups excluding carboxylic acids is 1. The first-order valence-corrected chi connectivity index (χ1v) is 9.00. The fourth-order valence-corrected chi connectivity index (χ4v) is 6.28. The Balaban J connectivity index is 1.50. The second-order valence-corrected chi connectivity index (χ2v) is 8.29. The predicted molar refractivity (Wildman–Crippen MR) is 79.4 cm³/mol. The molecule has 3 atom stereocenters. The van der Waals surface area contributed by atoms with Crippen LogP contribution in [0.25, 0.3) is 0 Å². The Morgan fingerprint density at radius 1 is 1.33 bits per heavy atom. The molecule has 5 fully saturated rings. The van der Waals surface area contributed by atoms with Gasteiger partial charge in [0.05, 0.1) is 18.0 Å². The van der Waals surface area contributed by atoms with Gasteiger partial charge in [-0.25, -0.2) is 4.79 Å². The van der Waals surface area contributed by atoms with Gasteiger partial charge in [-0.2, -0.15) is 5.26 Å². The van der Waals surface area contributed by atoms with E-state index in [9.17, 15) is 9.90 Å². The molecule has 2 N–H and O–H groups in total. The molecular formula is C15H21N3O2S. The third-order valence-electron chi connectivity index (χ3n) is 5.89. The molecule has 5 rings (SSSR count). The first kappa shape index (κ1) is 13.7. The van der Waals surface area contributed by atoms with Crippen molar-refractivity contribution in [3.05, 3.63) is 0 Å². The first-order valence-electron chi connectivity index (χ1n) is 7.84. The van der Waals surface area contributed by atoms with Crippen LogP contribution in [-0.2, 0) is 0 Å². The van der Waals surface area contributed by atoms with Crippen molar-refractivity contribution in [2.75, 3.05) is 11.6 Å². The van der Waals surface area contributed by atoms with E-state index in [0.29, 0.717) is 29.4 Å². The van der Waals surface area contributed by atoms with E-state index in [4.69, 9.17) is 5.26 Å². The summed E-state index contributed by atoms with van der Waals surface area (Å²) in [5.41, 5.74) is -0.125. The van der Waals surface area contributed by atoms with Gasteiger partial charge in [-0.15, -0.1) is 11.8 Å². The molecule has 0 aromatic rings. The SMILES string of the molecule is N#C[C@@H]1CSCN1C(=O)NC12CC3CC(C1)C(O)C(C3)C2. The van der Waals surface area contributed by atoms with E-state index in [1.807, 2.05) is 0 Å². The number of thioether (sulfide) groups is 1. The minimum absolute atomic E-state index is 0.0806. The highest BCUT2D eigenvalue weighted by atomic mass is 32.2. The van der Waals surface area contributed by atoms with Crippen molar-refractivity contribution in [3.63, 3.8) is 0 Å². The van der Waals surface area contributed by atoms with Gasteiger partial charge in [0.2, 0.25) is 0 Å². The molecule has 1 saturated heterocycles. The normalized spacial score (nSPS) is 47.4. The molecular weight excluding hydrogens is 286 g/mol. The second kappa shape index (κ2) is 4.79. The third kappa shape index (κ3) is 2.13. The molecule has 4 saturated carbocycles. The van der Waals surface area contributed by atoms with Crippen LogP contribution in [0, 0.1) is 29.1 Å². The van der Waals surface area contributed by atoms with Crippen LogP contribution in [-0.4, -0.2) is 45.4 Å². The van der Waals surface area contributed by atoms with Crippen LogP contribution in [0.4, 0.5) is 4.79 Å². The molecule has 0 spiro atoms. The maximum Gasteiger partial charge on any atom is 0.319 e. The molecule has 2 unspecified atom stereocenters. The summed E-state index contributed by atoms with van der Waals surface area (Å²) < 4.78 is 0. The lowest BCUT2D eigenvalue weighted by Crippen LogP contribution is -2.65. The van der Waals surface area contributed by atoms with Crippen molar-refractivity contribution in [2.24, 2.45) is 17.8 Å². The molecule has 4 aliphatic carbocycles. The Kier molecular flexibility index (Phi) is 3.13. The average molecular weight is 307 g/mol. The van der Waals surface area contributed by atoms with E-state index in [0.717, 1.165) is 32.1 Å². The molecule has 6 heteroatoms. The van der Waals surface area contributed by atoms with Gasteiger partial charge in [-0.3, -0.25) is 4.90 Å². The van der Waals surface area contributed by atoms with Crippen molar-refractivity contribution >= 4 is 17.8 Å². The summed E-state index contributed by atoms with van der Waals surface area (Å²) in [6.07, 6.45) is 4.94. The van der Waals surface area contributed by atoms with E-state index in [1.165, 1.54) is 0 Å². The highest BCUT2D eigenvalue weighted by Crippen LogP contribution is 2.55. The Morgan fingerprint density at radius 3 is 2.71 bits per heavy atom. The number of hydrogen-bond acceptors (Lipinski definition) is 4. The number of hydrogen-bond donors (Lipinski definition) is 2. The van der Waals surface area contributed by atoms with Crippen LogP contribution in [0.1, 0.15) is 32.1 Å². The zero-order valence-electron chi connectivity index (χ0n) is 12.0. The lowest BCUT2D eigenvalue weighted by molar-refractivity contribution is -0.109. The number of urea groups is 1. The Morgan fingerprint density at radius 2 is 2.05 bits per heavy atom. The fourth-order valence-electron chi connectivity index (χ4n) is 5.20. The van der Waals surface area contributed by atoms with Crippen LogP contribution in [0.5, 0.6) is 0 Å². The van der Waals surface area contributed by atoms with Crippen LogP contribution in [0.2, 0.25) is 0 Å². The summed E-state index contributed by atoms with van der Waals surface area (Å²) >= 11 is 1.64. The quantitative estimate of drug-likeness (QED) is 0.770. The monoisotopic (exact) mass is 307 g/mol. The van der Waals surface area contributed by atoms with Crippen molar-refractivity contribution in [3.8, 4) is 6.07 Å². The van der Waals surface area contributed by atoms with Crippen LogP contribution in [0.3, 0.4) is 0 Å². The first-order chi connectivity index (χ1) is 10.1. The average Bonchev–Trinajstić information content (AvgIpc) is 2.92. The summed E-state index contributed by atoms with van der Waals surface area (Å²) in [5, 5.41) is 22.7. The van der Waals surface area contributed by atoms with E-state index < -0.39 is 0 Å². The van der Waals surface area contributed by atoms with Crippen molar-refractivity contribution in [1.82, 2.24) is 10.2 Å². The maximum absolute atomic E-state index is 12.6. The van der Waals surface area contributed by atoms with Gasteiger partial charge >= 0.3 is 6.03 Å². The molecule has 0 aromatic carbocycles. The number of nitrogens with zero attached hydrogens (tertiary/aromatic N) is 2. The molecule has 5 nitrogen and oxygen atoms in total. The van der Waals surface area contributed by atoms with Gasteiger partial charge in [-0.1, -0.05) is 0 Å². The summed E-state index contributed by atoms with van der Waals surface area (Å²) in [6.45, 7) is 0. The molecule has 0 radical (unpaired) electrons. The maximum atomic E-state index is 12.6. The fraction of sp³-hybridized carbons (Fsp3) is 0.867. The highest BCUT2D eigenvalue weighted by molar-refractivity contribution is 7.99. The zero-order chi connectivity index (χ0) is 14.6. The van der Waals surface area contributed by atoms with Gasteiger partial charge in [-0.05, 0) is 49.9 Å². The molecule has 2 amide bonds. The Hall–Kier alpha value is -0.930. The smallest absolute Gasteiger partial charge is 0.319 e. The Labute approximate surface area is 129 Å². The number of carbonyl (C=O) groups is 1. The zero-order valence-corrected chi connectivity index (χ0v) is 12.8. The number of nitriles is 1. The largest absolute Gasteiger partial charge is 0.393 e. The minimum atomic E-state index is -0.297. The molecule has 1 heterocycles. The summed E-state index contributed by atoms with van der Waals surface area (Å²) in [4.78, 5) is 14.2. The van der Waals surface area contributed by atoms with Crippen LogP contribution >= 0.6 is 11.8 Å². The van der Waals surface area contributed by atoms with Crippen molar-refractivity contribution in [1.29, 1.82) is 5.26 Å². The van der Waals surface area contributed by atoms with Gasteiger partial charge in [0.1, 0.15) is 6.04 Å². The standard InChI is InChI=1S/C15H21N3O2S/c16-6-12-7-21-8-18(12)14(20)17-15-3-9-1-10(4-15)13(19)11(2-9)5-15/h9-13,19H,1-5,7-8H2,(H,17,20)/t9?,10?,11?,12-,13?,15?/m1/s1. The number of nitrogens with one attached hydrogen (secondary N) is 1. The summed E-state index contributed by atoms with van der Waals surface area (Å²) in [5.74, 6) is 2.70. The molecule has 114 valence electrons. The van der Waals surface area contributed by atoms with Gasteiger partial charge in [0, 0.05) is 11.3 Å². The van der Waals surface area contributed by atoms with E-state index in [1.54, 1.807) is 16.7 Å². The molecule has 21 heavy (non-hydrogen) atoms. The molecule has 1 aliphatic heterocycles. The van der Waals surface area contributed by atoms with Crippen LogP contribution < -0.4 is 5.32 Å². The van der Waals surface area contributed by atoms with E-state index in [-0.39, 0.29) is 23.7 Å². The van der Waals surface area contributed by atoms with E-state index >= 15 is 0 Å². The van der Waals surface area contributed by atoms with Crippen LogP contribution in [0.15, 0.2) is 0 Å². The Bertz CT molecular complexity index is 490. The second-order valence-electron chi connectivity index (χ2n) is 7.29. The number of aliphatic hydroxyl groups is 1. The summed E-state index contributed by atoms with van der Waals surface area (Å²) in [7, 11) is 0. The number of rotatable bonds is 1. The third-order valence-corrected chi connectivity index (χ3v) is 6.90. The topological polar surface area (TPSA) is 76.4 Å². The van der Waals surface area contributed by atoms with Gasteiger partial charge in [0.15, 0.2) is 0 Å². The number of aliphatic hydroxyl groups excluding tert-OH is 1. The molecule has 5 aliphatic rings. The summed E-state index contributed by atoms with van der Waals surface area (Å²) in [6, 6.07) is 1.84. The van der Waals surface area contributed by atoms with Gasteiger partial charge < -0.3 is 10.4 Å². The highest BCUT2D eigenvalue weighted by Gasteiger charge is 2.56. The predicted octanol–water partition coefficient (Wildman–Crippen LogP) is 1.53. The van der Waals surface area contributed by atoms with Gasteiger partial charge in [0.25, 0.3) is 0 Å². The molecule has 4 bridgehead atoms. The molecule has 0 aromatic heterocycles. The van der Waals surface area contributed by atoms with Crippen molar-refractivity contribution < 1.29 is 9.90 Å².